The predicted octanol–water partition coefficient (Wildman–Crippen LogP) is 2.88. The van der Waals surface area contributed by atoms with Gasteiger partial charge in [-0.1, -0.05) is 18.2 Å². The second kappa shape index (κ2) is 6.15. The number of rotatable bonds is 2. The average Bonchev–Trinajstić information content (AvgIpc) is 3.37. The fraction of sp³-hybridized carbons (Fsp3) is 0.348. The van der Waals surface area contributed by atoms with Crippen LogP contribution in [0.2, 0.25) is 0 Å². The van der Waals surface area contributed by atoms with Crippen LogP contribution < -0.4 is 10.2 Å². The molecule has 0 bridgehead atoms. The number of amides is 1. The number of halogens is 1. The van der Waals surface area contributed by atoms with Gasteiger partial charge in [-0.05, 0) is 48.9 Å². The molecule has 0 radical (unpaired) electrons. The molecule has 2 fully saturated rings. The van der Waals surface area contributed by atoms with Gasteiger partial charge >= 0.3 is 0 Å². The highest BCUT2D eigenvalue weighted by Gasteiger charge is 2.50. The molecule has 29 heavy (non-hydrogen) atoms. The summed E-state index contributed by atoms with van der Waals surface area (Å²) in [4.78, 5) is 21.1. The summed E-state index contributed by atoms with van der Waals surface area (Å²) < 4.78 is 13.6. The number of carbonyl (C=O) groups excluding carboxylic acids is 1. The van der Waals surface area contributed by atoms with Crippen LogP contribution in [0.15, 0.2) is 48.5 Å². The smallest absolute Gasteiger partial charge is 0.274 e. The zero-order valence-corrected chi connectivity index (χ0v) is 16.1. The number of nitrogens with one attached hydrogen (secondary N) is 2. The number of para-hydroxylation sites is 1. The van der Waals surface area contributed by atoms with Gasteiger partial charge in [0, 0.05) is 54.2 Å². The number of likely N-dealkylation sites (tertiary alicyclic amines) is 1. The molecule has 1 spiro atoms. The molecular formula is C23H23FN4O. The quantitative estimate of drug-likeness (QED) is 0.708. The van der Waals surface area contributed by atoms with Crippen LogP contribution in [0.1, 0.15) is 22.5 Å². The molecular weight excluding hydrogens is 367 g/mol. The van der Waals surface area contributed by atoms with Crippen LogP contribution in [0, 0.1) is 5.82 Å². The topological polar surface area (TPSA) is 51.4 Å². The largest absolute Gasteiger partial charge is 0.351 e. The molecule has 0 saturated carbocycles. The molecule has 6 heteroatoms. The minimum Gasteiger partial charge on any atom is -0.351 e. The lowest BCUT2D eigenvalue weighted by molar-refractivity contribution is 0.0980. The lowest BCUT2D eigenvalue weighted by Gasteiger charge is -2.36. The Hall–Kier alpha value is -2.70. The summed E-state index contributed by atoms with van der Waals surface area (Å²) in [6.07, 6.45) is 1.07. The molecule has 3 aliphatic rings. The number of hydrogen-bond acceptors (Lipinski definition) is 3. The number of aromatic amines is 1. The van der Waals surface area contributed by atoms with Crippen LogP contribution in [0.3, 0.4) is 0 Å². The summed E-state index contributed by atoms with van der Waals surface area (Å²) in [6.45, 7) is 4.90. The van der Waals surface area contributed by atoms with E-state index in [4.69, 9.17) is 0 Å². The van der Waals surface area contributed by atoms with Crippen LogP contribution in [-0.2, 0) is 5.41 Å². The second-order valence-corrected chi connectivity index (χ2v) is 8.64. The molecule has 6 rings (SSSR count). The third-order valence-corrected chi connectivity index (χ3v) is 6.94. The van der Waals surface area contributed by atoms with Gasteiger partial charge in [-0.3, -0.25) is 9.69 Å². The Kier molecular flexibility index (Phi) is 3.64. The van der Waals surface area contributed by atoms with Gasteiger partial charge < -0.3 is 15.2 Å². The molecule has 1 atom stereocenters. The third kappa shape index (κ3) is 2.56. The summed E-state index contributed by atoms with van der Waals surface area (Å²) >= 11 is 0. The van der Waals surface area contributed by atoms with Gasteiger partial charge in [-0.15, -0.1) is 0 Å². The summed E-state index contributed by atoms with van der Waals surface area (Å²) in [5.74, 6) is -0.341. The first-order valence-electron chi connectivity index (χ1n) is 10.3. The van der Waals surface area contributed by atoms with E-state index in [2.05, 4.69) is 33.4 Å². The van der Waals surface area contributed by atoms with E-state index in [1.807, 2.05) is 11.0 Å². The summed E-state index contributed by atoms with van der Waals surface area (Å²) in [5.41, 5.74) is 3.58. The zero-order chi connectivity index (χ0) is 19.6. The third-order valence-electron chi connectivity index (χ3n) is 6.94. The normalized spacial score (nSPS) is 24.4. The average molecular weight is 390 g/mol. The van der Waals surface area contributed by atoms with Crippen molar-refractivity contribution in [2.24, 2.45) is 0 Å². The van der Waals surface area contributed by atoms with Crippen molar-refractivity contribution in [1.82, 2.24) is 15.2 Å². The van der Waals surface area contributed by atoms with Gasteiger partial charge in [0.05, 0.1) is 0 Å². The summed E-state index contributed by atoms with van der Waals surface area (Å²) in [6, 6.07) is 15.3. The highest BCUT2D eigenvalue weighted by Crippen LogP contribution is 2.47. The lowest BCUT2D eigenvalue weighted by Crippen LogP contribution is -2.57. The molecule has 0 unspecified atom stereocenters. The molecule has 148 valence electrons. The number of carbonyl (C=O) groups is 1. The first-order valence-corrected chi connectivity index (χ1v) is 10.3. The Labute approximate surface area is 168 Å². The van der Waals surface area contributed by atoms with Crippen LogP contribution in [0.25, 0.3) is 10.9 Å². The monoisotopic (exact) mass is 390 g/mol. The van der Waals surface area contributed by atoms with Crippen molar-refractivity contribution < 1.29 is 9.18 Å². The van der Waals surface area contributed by atoms with Crippen molar-refractivity contribution in [2.75, 3.05) is 37.6 Å². The summed E-state index contributed by atoms with van der Waals surface area (Å²) in [5, 5.41) is 4.09. The highest BCUT2D eigenvalue weighted by atomic mass is 19.1. The zero-order valence-electron chi connectivity index (χ0n) is 16.1. The van der Waals surface area contributed by atoms with Crippen LogP contribution in [-0.4, -0.2) is 54.6 Å². The Morgan fingerprint density at radius 3 is 2.79 bits per heavy atom. The minimum atomic E-state index is -0.294. The van der Waals surface area contributed by atoms with E-state index in [0.29, 0.717) is 18.3 Å². The van der Waals surface area contributed by atoms with Gasteiger partial charge in [0.1, 0.15) is 11.5 Å². The first-order chi connectivity index (χ1) is 14.1. The molecule has 3 aromatic rings. The lowest BCUT2D eigenvalue weighted by atomic mass is 9.81. The Balaban J connectivity index is 1.35. The van der Waals surface area contributed by atoms with Crippen molar-refractivity contribution in [1.29, 1.82) is 0 Å². The maximum Gasteiger partial charge on any atom is 0.274 e. The van der Waals surface area contributed by atoms with Crippen molar-refractivity contribution in [3.8, 4) is 0 Å². The number of nitrogens with zero attached hydrogens (tertiary/aromatic N) is 2. The van der Waals surface area contributed by atoms with E-state index in [-0.39, 0.29) is 17.1 Å². The van der Waals surface area contributed by atoms with E-state index in [9.17, 15) is 9.18 Å². The standard InChI is InChI=1S/C23H23FN4O/c24-16-5-6-19-15(9-16)10-20(26-19)22(29)28-14-23(18-3-1-2-4-21(18)28)7-8-27(13-23)17-11-25-12-17/h1-6,9-10,17,25-26H,7-8,11-14H2/t23-/m1/s1. The number of H-pyrrole nitrogens is 1. The Morgan fingerprint density at radius 2 is 1.97 bits per heavy atom. The van der Waals surface area contributed by atoms with E-state index in [1.165, 1.54) is 17.7 Å². The molecule has 0 aliphatic carbocycles. The van der Waals surface area contributed by atoms with Gasteiger partial charge in [-0.2, -0.15) is 0 Å². The van der Waals surface area contributed by atoms with Gasteiger partial charge in [0.15, 0.2) is 0 Å². The maximum absolute atomic E-state index is 13.6. The number of fused-ring (bicyclic) bond motifs is 3. The van der Waals surface area contributed by atoms with Crippen LogP contribution in [0.5, 0.6) is 0 Å². The molecule has 5 nitrogen and oxygen atoms in total. The van der Waals surface area contributed by atoms with E-state index < -0.39 is 0 Å². The number of benzene rings is 2. The van der Waals surface area contributed by atoms with Crippen LogP contribution in [0.4, 0.5) is 10.1 Å². The molecule has 2 saturated heterocycles. The van der Waals surface area contributed by atoms with Crippen molar-refractivity contribution in [2.45, 2.75) is 17.9 Å². The Morgan fingerprint density at radius 1 is 1.10 bits per heavy atom. The molecule has 3 aliphatic heterocycles. The molecule has 2 N–H and O–H groups in total. The van der Waals surface area contributed by atoms with Gasteiger partial charge in [-0.25, -0.2) is 4.39 Å². The fourth-order valence-corrected chi connectivity index (χ4v) is 5.27. The first kappa shape index (κ1) is 17.2. The predicted molar refractivity (Wildman–Crippen MR) is 111 cm³/mol. The number of aromatic nitrogens is 1. The maximum atomic E-state index is 13.6. The van der Waals surface area contributed by atoms with Crippen LogP contribution >= 0.6 is 0 Å². The fourth-order valence-electron chi connectivity index (χ4n) is 5.27. The molecule has 4 heterocycles. The van der Waals surface area contributed by atoms with Crippen molar-refractivity contribution in [3.63, 3.8) is 0 Å². The summed E-state index contributed by atoms with van der Waals surface area (Å²) in [7, 11) is 0. The molecule has 2 aromatic carbocycles. The van der Waals surface area contributed by atoms with E-state index >= 15 is 0 Å². The second-order valence-electron chi connectivity index (χ2n) is 8.64. The minimum absolute atomic E-state index is 0.0000328. The number of anilines is 1. The van der Waals surface area contributed by atoms with Gasteiger partial charge in [0.25, 0.3) is 5.91 Å². The SMILES string of the molecule is O=C(c1cc2cc(F)ccc2[nH]1)N1C[C@]2(CCN(C3CNC3)C2)c2ccccc21. The van der Waals surface area contributed by atoms with Gasteiger partial charge in [0.2, 0.25) is 0 Å². The van der Waals surface area contributed by atoms with E-state index in [0.717, 1.165) is 49.2 Å². The van der Waals surface area contributed by atoms with E-state index in [1.54, 1.807) is 12.1 Å². The number of hydrogen-bond donors (Lipinski definition) is 2. The highest BCUT2D eigenvalue weighted by molar-refractivity contribution is 6.09. The van der Waals surface area contributed by atoms with Crippen molar-refractivity contribution in [3.05, 3.63) is 65.6 Å². The molecule has 1 amide bonds. The molecule has 1 aromatic heterocycles. The Bertz CT molecular complexity index is 1120. The van der Waals surface area contributed by atoms with Crippen molar-refractivity contribution >= 4 is 22.5 Å².